The maximum absolute atomic E-state index is 11.9. The Morgan fingerprint density at radius 2 is 2.00 bits per heavy atom. The number of esters is 1. The van der Waals surface area contributed by atoms with Crippen LogP contribution in [0.15, 0.2) is 35.9 Å². The van der Waals surface area contributed by atoms with Gasteiger partial charge in [-0.1, -0.05) is 6.08 Å². The van der Waals surface area contributed by atoms with E-state index in [9.17, 15) is 22.8 Å². The van der Waals surface area contributed by atoms with Gasteiger partial charge >= 0.3 is 12.1 Å². The molecule has 8 heteroatoms. The number of allylic oxidation sites excluding steroid dienone is 2. The van der Waals surface area contributed by atoms with E-state index in [1.54, 1.807) is 0 Å². The topological polar surface area (TPSA) is 81.4 Å². The SMILES string of the molecule is NC(=O)C1=CNC(OC(=O)C(F)(F)F)=CC=C1. The number of alkyl halides is 3. The van der Waals surface area contributed by atoms with Crippen LogP contribution in [0.1, 0.15) is 0 Å². The van der Waals surface area contributed by atoms with E-state index in [0.717, 1.165) is 12.3 Å². The molecule has 1 rings (SSSR count). The third kappa shape index (κ3) is 3.67. The van der Waals surface area contributed by atoms with Crippen LogP contribution >= 0.6 is 0 Å². The van der Waals surface area contributed by atoms with E-state index >= 15 is 0 Å². The fourth-order valence-corrected chi connectivity index (χ4v) is 0.859. The van der Waals surface area contributed by atoms with Gasteiger partial charge in [0.25, 0.3) is 0 Å². The zero-order chi connectivity index (χ0) is 13.1. The number of hydrogen-bond acceptors (Lipinski definition) is 4. The van der Waals surface area contributed by atoms with Crippen LogP contribution in [0.25, 0.3) is 0 Å². The Bertz CT molecular complexity index is 435. The molecule has 0 aromatic carbocycles. The van der Waals surface area contributed by atoms with Crippen molar-refractivity contribution in [3.63, 3.8) is 0 Å². The van der Waals surface area contributed by atoms with Crippen molar-refractivity contribution in [3.8, 4) is 0 Å². The highest BCUT2D eigenvalue weighted by atomic mass is 19.4. The van der Waals surface area contributed by atoms with Crippen LogP contribution in [0, 0.1) is 0 Å². The van der Waals surface area contributed by atoms with Gasteiger partial charge in [-0.25, -0.2) is 4.79 Å². The monoisotopic (exact) mass is 248 g/mol. The summed E-state index contributed by atoms with van der Waals surface area (Å²) in [6.07, 6.45) is -0.536. The lowest BCUT2D eigenvalue weighted by Gasteiger charge is -2.09. The van der Waals surface area contributed by atoms with Crippen molar-refractivity contribution in [1.82, 2.24) is 5.32 Å². The van der Waals surface area contributed by atoms with E-state index in [1.807, 2.05) is 0 Å². The lowest BCUT2D eigenvalue weighted by atomic mass is 10.2. The van der Waals surface area contributed by atoms with Crippen molar-refractivity contribution in [2.75, 3.05) is 0 Å². The number of primary amides is 1. The average Bonchev–Trinajstić information content (AvgIpc) is 2.41. The molecule has 1 aliphatic rings. The molecule has 0 saturated heterocycles. The third-order valence-electron chi connectivity index (χ3n) is 1.61. The predicted octanol–water partition coefficient (Wildman–Crippen LogP) is 0.462. The standard InChI is InChI=1S/C9H7F3N2O3/c10-9(11,12)8(16)17-6-3-1-2-5(4-14-6)7(13)15/h1-4,14H,(H2,13,15). The van der Waals surface area contributed by atoms with E-state index in [4.69, 9.17) is 5.73 Å². The maximum atomic E-state index is 11.9. The maximum Gasteiger partial charge on any atom is 0.491 e. The van der Waals surface area contributed by atoms with E-state index in [1.165, 1.54) is 12.2 Å². The minimum absolute atomic E-state index is 0.0271. The fraction of sp³-hybridized carbons (Fsp3) is 0.111. The molecule has 17 heavy (non-hydrogen) atoms. The molecule has 1 amide bonds. The molecule has 5 nitrogen and oxygen atoms in total. The highest BCUT2D eigenvalue weighted by molar-refractivity contribution is 5.94. The first-order valence-electron chi connectivity index (χ1n) is 4.24. The average molecular weight is 248 g/mol. The number of halogens is 3. The number of nitrogens with two attached hydrogens (primary N) is 1. The minimum atomic E-state index is -5.09. The highest BCUT2D eigenvalue weighted by Gasteiger charge is 2.41. The van der Waals surface area contributed by atoms with Crippen LogP contribution < -0.4 is 11.1 Å². The number of amides is 1. The smallest absolute Gasteiger partial charge is 0.403 e. The van der Waals surface area contributed by atoms with Crippen LogP contribution in [-0.4, -0.2) is 18.1 Å². The summed E-state index contributed by atoms with van der Waals surface area (Å²) in [5.74, 6) is -3.59. The van der Waals surface area contributed by atoms with Crippen molar-refractivity contribution in [2.45, 2.75) is 6.18 Å². The van der Waals surface area contributed by atoms with Gasteiger partial charge in [-0.05, 0) is 12.2 Å². The fourth-order valence-electron chi connectivity index (χ4n) is 0.859. The van der Waals surface area contributed by atoms with Gasteiger partial charge in [0.15, 0.2) is 0 Å². The third-order valence-corrected chi connectivity index (χ3v) is 1.61. The Morgan fingerprint density at radius 1 is 1.35 bits per heavy atom. The largest absolute Gasteiger partial charge is 0.491 e. The van der Waals surface area contributed by atoms with Gasteiger partial charge in [-0.15, -0.1) is 0 Å². The van der Waals surface area contributed by atoms with E-state index < -0.39 is 23.9 Å². The molecule has 3 N–H and O–H groups in total. The van der Waals surface area contributed by atoms with Crippen molar-refractivity contribution >= 4 is 11.9 Å². The number of nitrogens with one attached hydrogen (secondary N) is 1. The van der Waals surface area contributed by atoms with E-state index in [2.05, 4.69) is 10.1 Å². The molecule has 0 aromatic rings. The Morgan fingerprint density at radius 3 is 2.53 bits per heavy atom. The van der Waals surface area contributed by atoms with Crippen LogP contribution in [0.3, 0.4) is 0 Å². The lowest BCUT2D eigenvalue weighted by Crippen LogP contribution is -2.27. The number of carbonyl (C=O) groups is 2. The number of rotatable bonds is 2. The highest BCUT2D eigenvalue weighted by Crippen LogP contribution is 2.18. The van der Waals surface area contributed by atoms with Gasteiger partial charge in [0.2, 0.25) is 11.8 Å². The van der Waals surface area contributed by atoms with Gasteiger partial charge < -0.3 is 15.8 Å². The Hall–Kier alpha value is -2.25. The van der Waals surface area contributed by atoms with Crippen LogP contribution in [0.5, 0.6) is 0 Å². The molecule has 0 atom stereocenters. The van der Waals surface area contributed by atoms with Gasteiger partial charge in [0, 0.05) is 6.20 Å². The molecule has 1 aliphatic heterocycles. The predicted molar refractivity (Wildman–Crippen MR) is 49.8 cm³/mol. The van der Waals surface area contributed by atoms with Gasteiger partial charge in [-0.3, -0.25) is 4.79 Å². The molecule has 0 spiro atoms. The molecule has 0 bridgehead atoms. The molecular weight excluding hydrogens is 241 g/mol. The van der Waals surface area contributed by atoms with E-state index in [0.29, 0.717) is 0 Å². The summed E-state index contributed by atoms with van der Waals surface area (Å²) in [6, 6.07) is 0. The summed E-state index contributed by atoms with van der Waals surface area (Å²) in [5, 5.41) is 2.21. The van der Waals surface area contributed by atoms with Crippen molar-refractivity contribution in [2.24, 2.45) is 5.73 Å². The second-order valence-corrected chi connectivity index (χ2v) is 2.89. The Balaban J connectivity index is 2.72. The molecule has 0 aromatic heterocycles. The molecule has 0 fully saturated rings. The molecule has 0 radical (unpaired) electrons. The molecular formula is C9H7F3N2O3. The quantitative estimate of drug-likeness (QED) is 0.695. The molecule has 0 aliphatic carbocycles. The summed E-state index contributed by atoms with van der Waals surface area (Å²) in [7, 11) is 0. The number of carbonyl (C=O) groups excluding carboxylic acids is 2. The first-order chi connectivity index (χ1) is 7.80. The minimum Gasteiger partial charge on any atom is -0.403 e. The zero-order valence-corrected chi connectivity index (χ0v) is 8.25. The first-order valence-corrected chi connectivity index (χ1v) is 4.24. The van der Waals surface area contributed by atoms with E-state index in [-0.39, 0.29) is 5.57 Å². The Labute approximate surface area is 93.4 Å². The summed E-state index contributed by atoms with van der Waals surface area (Å²) in [6.45, 7) is 0. The van der Waals surface area contributed by atoms with Gasteiger partial charge in [-0.2, -0.15) is 13.2 Å². The number of hydrogen-bond donors (Lipinski definition) is 2. The molecule has 0 saturated carbocycles. The second kappa shape index (κ2) is 4.73. The van der Waals surface area contributed by atoms with Crippen LogP contribution in [-0.2, 0) is 14.3 Å². The summed E-state index contributed by atoms with van der Waals surface area (Å²) >= 11 is 0. The van der Waals surface area contributed by atoms with Gasteiger partial charge in [0.05, 0.1) is 5.57 Å². The van der Waals surface area contributed by atoms with Crippen LogP contribution in [0.2, 0.25) is 0 Å². The summed E-state index contributed by atoms with van der Waals surface area (Å²) in [5.41, 5.74) is 4.97. The van der Waals surface area contributed by atoms with Gasteiger partial charge in [0.1, 0.15) is 0 Å². The normalized spacial score (nSPS) is 15.2. The lowest BCUT2D eigenvalue weighted by molar-refractivity contribution is -0.195. The first kappa shape index (κ1) is 12.8. The second-order valence-electron chi connectivity index (χ2n) is 2.89. The molecule has 92 valence electrons. The van der Waals surface area contributed by atoms with Crippen molar-refractivity contribution in [3.05, 3.63) is 35.9 Å². The summed E-state index contributed by atoms with van der Waals surface area (Å²) in [4.78, 5) is 21.2. The summed E-state index contributed by atoms with van der Waals surface area (Å²) < 4.78 is 39.6. The Kier molecular flexibility index (Phi) is 3.56. The van der Waals surface area contributed by atoms with Crippen molar-refractivity contribution < 1.29 is 27.5 Å². The van der Waals surface area contributed by atoms with Crippen molar-refractivity contribution in [1.29, 1.82) is 0 Å². The van der Waals surface area contributed by atoms with Crippen LogP contribution in [0.4, 0.5) is 13.2 Å². The number of ether oxygens (including phenoxy) is 1. The molecule has 1 heterocycles. The molecule has 0 unspecified atom stereocenters. The zero-order valence-electron chi connectivity index (χ0n) is 8.25.